The Morgan fingerprint density at radius 3 is 1.14 bits per heavy atom. The van der Waals surface area contributed by atoms with Crippen molar-refractivity contribution < 1.29 is 16.8 Å². The number of aromatic nitrogens is 4. The van der Waals surface area contributed by atoms with Crippen LogP contribution in [0.2, 0.25) is 10.3 Å². The molecule has 0 aliphatic rings. The number of sulfonamides is 2. The normalized spacial score (nSPS) is 11.2. The predicted molar refractivity (Wildman–Crippen MR) is 137 cm³/mol. The van der Waals surface area contributed by atoms with Crippen LogP contribution in [-0.4, -0.2) is 37.2 Å². The van der Waals surface area contributed by atoms with Crippen molar-refractivity contribution in [3.63, 3.8) is 0 Å². The van der Waals surface area contributed by atoms with E-state index in [0.29, 0.717) is 11.4 Å². The zero-order chi connectivity index (χ0) is 26.3. The summed E-state index contributed by atoms with van der Waals surface area (Å²) in [6, 6.07) is 17.3. The third kappa shape index (κ3) is 7.64. The Bertz CT molecular complexity index is 1400. The van der Waals surface area contributed by atoms with Crippen molar-refractivity contribution in [1.29, 1.82) is 0 Å². The topological polar surface area (TPSA) is 196 Å². The van der Waals surface area contributed by atoms with Crippen LogP contribution < -0.4 is 20.9 Å². The molecule has 0 unspecified atom stereocenters. The van der Waals surface area contributed by atoms with Crippen molar-refractivity contribution in [2.75, 3.05) is 20.9 Å². The van der Waals surface area contributed by atoms with Crippen LogP contribution in [0.15, 0.2) is 82.6 Å². The number of hydrogen-bond acceptors (Lipinski definition) is 10. The van der Waals surface area contributed by atoms with Crippen LogP contribution in [-0.2, 0) is 20.0 Å². The number of nitrogens with two attached hydrogens (primary N) is 2. The maximum absolute atomic E-state index is 11.9. The van der Waals surface area contributed by atoms with Gasteiger partial charge in [-0.3, -0.25) is 9.44 Å². The standard InChI is InChI=1S/2C10H9ClN4O2S/c2*11-9-5-6-10(14-13-9)15-18(16,17)8-3-1-7(12)2-4-8/h2*1-6H,12H2,(H,14,15). The lowest BCUT2D eigenvalue weighted by molar-refractivity contribution is 0.599. The van der Waals surface area contributed by atoms with Crippen molar-refractivity contribution in [3.05, 3.63) is 83.1 Å². The molecule has 0 amide bonds. The van der Waals surface area contributed by atoms with Crippen molar-refractivity contribution in [1.82, 2.24) is 20.4 Å². The van der Waals surface area contributed by atoms with E-state index < -0.39 is 20.0 Å². The molecule has 0 fully saturated rings. The average Bonchev–Trinajstić information content (AvgIpc) is 2.83. The number of nitrogen functional groups attached to an aromatic ring is 2. The first-order chi connectivity index (χ1) is 16.9. The van der Waals surface area contributed by atoms with E-state index in [1.807, 2.05) is 0 Å². The molecule has 4 rings (SSSR count). The smallest absolute Gasteiger partial charge is 0.263 e. The summed E-state index contributed by atoms with van der Waals surface area (Å²) in [5, 5.41) is 14.7. The Morgan fingerprint density at radius 1 is 0.528 bits per heavy atom. The van der Waals surface area contributed by atoms with Gasteiger partial charge in [0.25, 0.3) is 20.0 Å². The molecule has 0 saturated heterocycles. The van der Waals surface area contributed by atoms with Crippen LogP contribution in [0, 0.1) is 0 Å². The van der Waals surface area contributed by atoms with Gasteiger partial charge in [0.2, 0.25) is 0 Å². The van der Waals surface area contributed by atoms with Gasteiger partial charge in [0.15, 0.2) is 21.9 Å². The number of rotatable bonds is 6. The minimum atomic E-state index is -3.69. The van der Waals surface area contributed by atoms with Gasteiger partial charge in [0, 0.05) is 11.4 Å². The third-order valence-electron chi connectivity index (χ3n) is 4.12. The average molecular weight is 569 g/mol. The minimum absolute atomic E-state index is 0.0912. The van der Waals surface area contributed by atoms with Crippen LogP contribution in [0.4, 0.5) is 23.0 Å². The Balaban J connectivity index is 0.000000201. The number of anilines is 4. The molecule has 0 aliphatic carbocycles. The van der Waals surface area contributed by atoms with Gasteiger partial charge in [-0.1, -0.05) is 23.2 Å². The fraction of sp³-hybridized carbons (Fsp3) is 0. The van der Waals surface area contributed by atoms with E-state index in [2.05, 4.69) is 29.8 Å². The number of halogens is 2. The predicted octanol–water partition coefficient (Wildman–Crippen LogP) is 3.03. The number of benzene rings is 2. The molecule has 0 aliphatic heterocycles. The summed E-state index contributed by atoms with van der Waals surface area (Å²) in [6.45, 7) is 0. The molecule has 16 heteroatoms. The Morgan fingerprint density at radius 2 is 0.861 bits per heavy atom. The molecule has 0 spiro atoms. The lowest BCUT2D eigenvalue weighted by Crippen LogP contribution is -2.14. The molecule has 4 aromatic rings. The van der Waals surface area contributed by atoms with Crippen molar-refractivity contribution in [3.8, 4) is 0 Å². The van der Waals surface area contributed by atoms with Gasteiger partial charge in [-0.05, 0) is 72.8 Å². The molecule has 2 aromatic carbocycles. The maximum Gasteiger partial charge on any atom is 0.263 e. The van der Waals surface area contributed by atoms with Gasteiger partial charge in [-0.25, -0.2) is 16.8 Å². The molecular formula is C20H18Cl2N8O4S2. The van der Waals surface area contributed by atoms with E-state index in [4.69, 9.17) is 34.7 Å². The van der Waals surface area contributed by atoms with Gasteiger partial charge < -0.3 is 11.5 Å². The van der Waals surface area contributed by atoms with Crippen LogP contribution in [0.25, 0.3) is 0 Å². The quantitative estimate of drug-likeness (QED) is 0.251. The van der Waals surface area contributed by atoms with Crippen LogP contribution >= 0.6 is 23.2 Å². The first-order valence-corrected chi connectivity index (χ1v) is 13.4. The summed E-state index contributed by atoms with van der Waals surface area (Å²) in [7, 11) is -7.39. The molecule has 0 saturated carbocycles. The number of nitrogens with zero attached hydrogens (tertiary/aromatic N) is 4. The van der Waals surface area contributed by atoms with E-state index in [1.54, 1.807) is 0 Å². The Labute approximate surface area is 216 Å². The molecule has 0 bridgehead atoms. The fourth-order valence-electron chi connectivity index (χ4n) is 2.43. The van der Waals surface area contributed by atoms with E-state index in [1.165, 1.54) is 72.8 Å². The van der Waals surface area contributed by atoms with Crippen LogP contribution in [0.5, 0.6) is 0 Å². The molecular weight excluding hydrogens is 551 g/mol. The molecule has 188 valence electrons. The van der Waals surface area contributed by atoms with Crippen LogP contribution in [0.1, 0.15) is 0 Å². The van der Waals surface area contributed by atoms with E-state index >= 15 is 0 Å². The first-order valence-electron chi connectivity index (χ1n) is 9.70. The number of nitrogens with one attached hydrogen (secondary N) is 2. The second kappa shape index (κ2) is 11.3. The summed E-state index contributed by atoms with van der Waals surface area (Å²) in [6.07, 6.45) is 0. The highest BCUT2D eigenvalue weighted by Gasteiger charge is 2.15. The van der Waals surface area contributed by atoms with Crippen molar-refractivity contribution in [2.45, 2.75) is 9.79 Å². The molecule has 12 nitrogen and oxygen atoms in total. The van der Waals surface area contributed by atoms with Gasteiger partial charge in [0.1, 0.15) is 0 Å². The first kappa shape index (κ1) is 26.9. The molecule has 36 heavy (non-hydrogen) atoms. The van der Waals surface area contributed by atoms with Crippen LogP contribution in [0.3, 0.4) is 0 Å². The summed E-state index contributed by atoms with van der Waals surface area (Å²) < 4.78 is 52.3. The lowest BCUT2D eigenvalue weighted by Gasteiger charge is -2.06. The zero-order valence-electron chi connectivity index (χ0n) is 18.1. The molecule has 2 heterocycles. The highest BCUT2D eigenvalue weighted by molar-refractivity contribution is 7.93. The summed E-state index contributed by atoms with van der Waals surface area (Å²) in [5.41, 5.74) is 11.9. The molecule has 0 atom stereocenters. The summed E-state index contributed by atoms with van der Waals surface area (Å²) >= 11 is 11.1. The van der Waals surface area contributed by atoms with Crippen molar-refractivity contribution in [2.24, 2.45) is 0 Å². The number of hydrogen-bond donors (Lipinski definition) is 4. The highest BCUT2D eigenvalue weighted by Crippen LogP contribution is 2.17. The SMILES string of the molecule is Nc1ccc(S(=O)(=O)Nc2ccc(Cl)nn2)cc1.Nc1ccc(S(=O)(=O)Nc2ccc(Cl)nn2)cc1. The van der Waals surface area contributed by atoms with E-state index in [0.717, 1.165) is 0 Å². The van der Waals surface area contributed by atoms with Crippen molar-refractivity contribution >= 4 is 66.3 Å². The summed E-state index contributed by atoms with van der Waals surface area (Å²) in [4.78, 5) is 0.182. The van der Waals surface area contributed by atoms with Gasteiger partial charge in [0.05, 0.1) is 9.79 Å². The Hall–Kier alpha value is -3.72. The minimum Gasteiger partial charge on any atom is -0.399 e. The van der Waals surface area contributed by atoms with Gasteiger partial charge in [-0.15, -0.1) is 20.4 Å². The second-order valence-electron chi connectivity index (χ2n) is 6.83. The van der Waals surface area contributed by atoms with E-state index in [9.17, 15) is 16.8 Å². The fourth-order valence-corrected chi connectivity index (χ4v) is 4.62. The summed E-state index contributed by atoms with van der Waals surface area (Å²) in [5.74, 6) is 0.187. The van der Waals surface area contributed by atoms with E-state index in [-0.39, 0.29) is 31.7 Å². The lowest BCUT2D eigenvalue weighted by atomic mass is 10.3. The van der Waals surface area contributed by atoms with Gasteiger partial charge >= 0.3 is 0 Å². The highest BCUT2D eigenvalue weighted by atomic mass is 35.5. The Kier molecular flexibility index (Phi) is 8.47. The van der Waals surface area contributed by atoms with Gasteiger partial charge in [-0.2, -0.15) is 0 Å². The maximum atomic E-state index is 11.9. The molecule has 6 N–H and O–H groups in total. The monoisotopic (exact) mass is 568 g/mol. The zero-order valence-corrected chi connectivity index (χ0v) is 21.2. The molecule has 2 aromatic heterocycles. The third-order valence-corrected chi connectivity index (χ3v) is 7.27. The largest absolute Gasteiger partial charge is 0.399 e. The second-order valence-corrected chi connectivity index (χ2v) is 11.0. The molecule has 0 radical (unpaired) electrons.